The van der Waals surface area contributed by atoms with Crippen LogP contribution in [0.25, 0.3) is 0 Å². The van der Waals surface area contributed by atoms with Gasteiger partial charge in [0, 0.05) is 50.7 Å². The zero-order valence-electron chi connectivity index (χ0n) is 12.2. The molecule has 116 valence electrons. The van der Waals surface area contributed by atoms with Crippen molar-refractivity contribution in [2.45, 2.75) is 32.0 Å². The molecule has 3 rings (SSSR count). The van der Waals surface area contributed by atoms with E-state index in [1.165, 1.54) is 23.9 Å². The van der Waals surface area contributed by atoms with Gasteiger partial charge in [0.1, 0.15) is 12.4 Å². The number of nitrogens with one attached hydrogen (secondary N) is 1. The zero-order chi connectivity index (χ0) is 15.7. The fourth-order valence-electron chi connectivity index (χ4n) is 2.65. The van der Waals surface area contributed by atoms with Gasteiger partial charge in [0.05, 0.1) is 0 Å². The van der Waals surface area contributed by atoms with Gasteiger partial charge in [0.25, 0.3) is 5.56 Å². The van der Waals surface area contributed by atoms with Crippen LogP contribution in [0.1, 0.15) is 12.2 Å². The molecule has 1 aliphatic heterocycles. The predicted octanol–water partition coefficient (Wildman–Crippen LogP) is -1.13. The van der Waals surface area contributed by atoms with E-state index in [9.17, 15) is 14.4 Å². The molecule has 0 aliphatic carbocycles. The van der Waals surface area contributed by atoms with Crippen molar-refractivity contribution in [1.82, 2.24) is 24.0 Å². The third kappa shape index (κ3) is 2.72. The lowest BCUT2D eigenvalue weighted by atomic mass is 10.1. The van der Waals surface area contributed by atoms with Crippen LogP contribution in [0.2, 0.25) is 0 Å². The number of aryl methyl sites for hydroxylation is 1. The molecule has 8 nitrogen and oxygen atoms in total. The van der Waals surface area contributed by atoms with Gasteiger partial charge in [-0.05, 0) is 6.42 Å². The van der Waals surface area contributed by atoms with Gasteiger partial charge in [-0.15, -0.1) is 0 Å². The van der Waals surface area contributed by atoms with E-state index in [0.717, 1.165) is 23.2 Å². The molecule has 2 aromatic rings. The standard InChI is InChI=1S/C14H17N5O3/c1-17-13(21)4-6-19(14(17)22)9-12(20)16-10-2-3-11-15-5-7-18(11)8-10/h4-7,10H,2-3,8-9H2,1H3,(H,16,20)/t10-/m0/s1. The number of carbonyl (C=O) groups is 1. The second kappa shape index (κ2) is 5.63. The van der Waals surface area contributed by atoms with Gasteiger partial charge in [-0.3, -0.25) is 18.7 Å². The molecule has 0 spiro atoms. The van der Waals surface area contributed by atoms with E-state index in [1.54, 1.807) is 6.20 Å². The molecule has 1 amide bonds. The summed E-state index contributed by atoms with van der Waals surface area (Å²) < 4.78 is 4.22. The predicted molar refractivity (Wildman–Crippen MR) is 78.4 cm³/mol. The van der Waals surface area contributed by atoms with Gasteiger partial charge in [0.2, 0.25) is 5.91 Å². The van der Waals surface area contributed by atoms with Gasteiger partial charge >= 0.3 is 5.69 Å². The van der Waals surface area contributed by atoms with Gasteiger partial charge in [-0.25, -0.2) is 9.78 Å². The third-order valence-electron chi connectivity index (χ3n) is 3.87. The van der Waals surface area contributed by atoms with E-state index < -0.39 is 5.69 Å². The molecule has 1 N–H and O–H groups in total. The minimum absolute atomic E-state index is 0.0254. The average Bonchev–Trinajstić information content (AvgIpc) is 2.95. The smallest absolute Gasteiger partial charge is 0.331 e. The molecule has 0 aromatic carbocycles. The Morgan fingerprint density at radius 2 is 2.23 bits per heavy atom. The fourth-order valence-corrected chi connectivity index (χ4v) is 2.65. The number of amides is 1. The molecule has 0 saturated heterocycles. The van der Waals surface area contributed by atoms with Gasteiger partial charge in [-0.2, -0.15) is 0 Å². The van der Waals surface area contributed by atoms with Crippen molar-refractivity contribution in [3.63, 3.8) is 0 Å². The Morgan fingerprint density at radius 1 is 1.41 bits per heavy atom. The van der Waals surface area contributed by atoms with E-state index >= 15 is 0 Å². The molecule has 1 atom stereocenters. The summed E-state index contributed by atoms with van der Waals surface area (Å²) in [5.74, 6) is 0.786. The Labute approximate surface area is 126 Å². The first-order valence-electron chi connectivity index (χ1n) is 7.10. The average molecular weight is 303 g/mol. The van der Waals surface area contributed by atoms with E-state index in [0.29, 0.717) is 6.54 Å². The maximum atomic E-state index is 12.1. The highest BCUT2D eigenvalue weighted by Gasteiger charge is 2.20. The number of aromatic nitrogens is 4. The first-order valence-corrected chi connectivity index (χ1v) is 7.10. The molecule has 0 bridgehead atoms. The SMILES string of the molecule is Cn1c(=O)ccn(CC(=O)N[C@H]2CCc3nccn3C2)c1=O. The number of nitrogens with zero attached hydrogens (tertiary/aromatic N) is 4. The number of carbonyl (C=O) groups excluding carboxylic acids is 1. The van der Waals surface area contributed by atoms with Gasteiger partial charge in [-0.1, -0.05) is 0 Å². The van der Waals surface area contributed by atoms with Crippen molar-refractivity contribution in [1.29, 1.82) is 0 Å². The summed E-state index contributed by atoms with van der Waals surface area (Å²) in [6.45, 7) is 0.587. The summed E-state index contributed by atoms with van der Waals surface area (Å²) in [4.78, 5) is 39.5. The summed E-state index contributed by atoms with van der Waals surface area (Å²) in [5.41, 5.74) is -0.884. The molecule has 22 heavy (non-hydrogen) atoms. The monoisotopic (exact) mass is 303 g/mol. The lowest BCUT2D eigenvalue weighted by Gasteiger charge is -2.24. The Hall–Kier alpha value is -2.64. The fraction of sp³-hybridized carbons (Fsp3) is 0.429. The first-order chi connectivity index (χ1) is 10.5. The molecule has 0 fully saturated rings. The number of imidazole rings is 1. The summed E-state index contributed by atoms with van der Waals surface area (Å²) in [6.07, 6.45) is 6.64. The van der Waals surface area contributed by atoms with Crippen LogP contribution in [0.4, 0.5) is 0 Å². The maximum absolute atomic E-state index is 12.1. The van der Waals surface area contributed by atoms with Crippen molar-refractivity contribution in [2.75, 3.05) is 0 Å². The molecule has 1 aliphatic rings. The molecule has 0 saturated carbocycles. The number of hydrogen-bond donors (Lipinski definition) is 1. The third-order valence-corrected chi connectivity index (χ3v) is 3.87. The van der Waals surface area contributed by atoms with Crippen molar-refractivity contribution >= 4 is 5.91 Å². The van der Waals surface area contributed by atoms with E-state index in [4.69, 9.17) is 0 Å². The van der Waals surface area contributed by atoms with Crippen LogP contribution < -0.4 is 16.6 Å². The Kier molecular flexibility index (Phi) is 3.66. The number of rotatable bonds is 3. The molecule has 3 heterocycles. The van der Waals surface area contributed by atoms with Crippen LogP contribution in [0.3, 0.4) is 0 Å². The van der Waals surface area contributed by atoms with Crippen molar-refractivity contribution in [3.8, 4) is 0 Å². The second-order valence-electron chi connectivity index (χ2n) is 5.42. The van der Waals surface area contributed by atoms with E-state index in [2.05, 4.69) is 10.3 Å². The highest BCUT2D eigenvalue weighted by molar-refractivity contribution is 5.76. The van der Waals surface area contributed by atoms with Crippen LogP contribution in [-0.4, -0.2) is 30.6 Å². The zero-order valence-corrected chi connectivity index (χ0v) is 12.2. The largest absolute Gasteiger partial charge is 0.350 e. The van der Waals surface area contributed by atoms with Gasteiger partial charge < -0.3 is 9.88 Å². The van der Waals surface area contributed by atoms with Crippen LogP contribution in [0.5, 0.6) is 0 Å². The van der Waals surface area contributed by atoms with E-state index in [-0.39, 0.29) is 24.1 Å². The van der Waals surface area contributed by atoms with Crippen LogP contribution >= 0.6 is 0 Å². The first kappa shape index (κ1) is 14.3. The highest BCUT2D eigenvalue weighted by atomic mass is 16.2. The topological polar surface area (TPSA) is 90.9 Å². The summed E-state index contributed by atoms with van der Waals surface area (Å²) >= 11 is 0. The summed E-state index contributed by atoms with van der Waals surface area (Å²) in [5, 5.41) is 2.92. The van der Waals surface area contributed by atoms with Crippen LogP contribution in [0.15, 0.2) is 34.2 Å². The highest BCUT2D eigenvalue weighted by Crippen LogP contribution is 2.12. The molecule has 0 radical (unpaired) electrons. The van der Waals surface area contributed by atoms with Crippen molar-refractivity contribution in [2.24, 2.45) is 7.05 Å². The van der Waals surface area contributed by atoms with Gasteiger partial charge in [0.15, 0.2) is 0 Å². The summed E-state index contributed by atoms with van der Waals surface area (Å²) in [7, 11) is 1.39. The minimum Gasteiger partial charge on any atom is -0.350 e. The second-order valence-corrected chi connectivity index (χ2v) is 5.42. The Bertz CT molecular complexity index is 816. The van der Waals surface area contributed by atoms with Crippen LogP contribution in [-0.2, 0) is 31.4 Å². The lowest BCUT2D eigenvalue weighted by molar-refractivity contribution is -0.122. The number of fused-ring (bicyclic) bond motifs is 1. The molecular formula is C14H17N5O3. The van der Waals surface area contributed by atoms with Crippen LogP contribution in [0, 0.1) is 0 Å². The molecular weight excluding hydrogens is 286 g/mol. The normalized spacial score (nSPS) is 17.0. The Balaban J connectivity index is 1.65. The van der Waals surface area contributed by atoms with Crippen molar-refractivity contribution < 1.29 is 4.79 Å². The molecule has 0 unspecified atom stereocenters. The lowest BCUT2D eigenvalue weighted by Crippen LogP contribution is -2.45. The van der Waals surface area contributed by atoms with E-state index in [1.807, 2.05) is 10.8 Å². The Morgan fingerprint density at radius 3 is 3.05 bits per heavy atom. The molecule has 2 aromatic heterocycles. The number of hydrogen-bond acceptors (Lipinski definition) is 4. The minimum atomic E-state index is -0.497. The summed E-state index contributed by atoms with van der Waals surface area (Å²) in [6, 6.07) is 1.30. The van der Waals surface area contributed by atoms with Crippen molar-refractivity contribution in [3.05, 3.63) is 51.3 Å². The molecule has 8 heteroatoms. The maximum Gasteiger partial charge on any atom is 0.331 e. The quantitative estimate of drug-likeness (QED) is 0.777.